The minimum absolute atomic E-state index is 0.273. The zero-order chi connectivity index (χ0) is 12.4. The van der Waals surface area contributed by atoms with Crippen LogP contribution in [0.15, 0.2) is 42.5 Å². The average molecular weight is 264 g/mol. The van der Waals surface area contributed by atoms with Gasteiger partial charge in [-0.1, -0.05) is 36.4 Å². The maximum atomic E-state index is 10.9. The molecular formula is C13H12O4S. The van der Waals surface area contributed by atoms with Crippen LogP contribution in [0.5, 0.6) is 5.75 Å². The Hall–Kier alpha value is -1.43. The van der Waals surface area contributed by atoms with Gasteiger partial charge < -0.3 is 4.74 Å². The van der Waals surface area contributed by atoms with Crippen LogP contribution in [0.4, 0.5) is 0 Å². The maximum absolute atomic E-state index is 10.9. The van der Waals surface area contributed by atoms with E-state index in [1.807, 2.05) is 42.5 Å². The minimum Gasteiger partial charge on any atom is -0.490 e. The van der Waals surface area contributed by atoms with E-state index >= 15 is 0 Å². The Morgan fingerprint density at radius 1 is 1.22 bits per heavy atom. The van der Waals surface area contributed by atoms with Gasteiger partial charge in [-0.25, -0.2) is 0 Å². The number of hydrogen-bond donors (Lipinski definition) is 0. The fraction of sp³-hybridized carbons (Fsp3) is 0.231. The Bertz CT molecular complexity index is 579. The van der Waals surface area contributed by atoms with Crippen molar-refractivity contribution in [1.29, 1.82) is 0 Å². The molecule has 0 radical (unpaired) electrons. The number of ether oxygens (including phenoxy) is 1. The highest BCUT2D eigenvalue weighted by atomic mass is 32.2. The molecule has 0 spiro atoms. The van der Waals surface area contributed by atoms with Crippen molar-refractivity contribution in [3.8, 4) is 5.75 Å². The number of hydrogen-bond acceptors (Lipinski definition) is 4. The molecule has 2 atom stereocenters. The Labute approximate surface area is 107 Å². The molecule has 0 saturated carbocycles. The molecule has 1 aliphatic rings. The number of rotatable bonds is 3. The Morgan fingerprint density at radius 2 is 2.06 bits per heavy atom. The van der Waals surface area contributed by atoms with E-state index in [2.05, 4.69) is 0 Å². The molecule has 4 nitrogen and oxygen atoms in total. The third kappa shape index (κ3) is 2.38. The summed E-state index contributed by atoms with van der Waals surface area (Å²) >= 11 is -1.62. The molecule has 1 aliphatic heterocycles. The molecule has 18 heavy (non-hydrogen) atoms. The zero-order valence-corrected chi connectivity index (χ0v) is 10.4. The second-order valence-electron chi connectivity index (χ2n) is 4.00. The van der Waals surface area contributed by atoms with Gasteiger partial charge in [0, 0.05) is 5.39 Å². The molecule has 1 fully saturated rings. The van der Waals surface area contributed by atoms with Gasteiger partial charge in [-0.2, -0.15) is 4.21 Å². The summed E-state index contributed by atoms with van der Waals surface area (Å²) in [5, 5.41) is 2.18. The van der Waals surface area contributed by atoms with Gasteiger partial charge in [-0.15, -0.1) is 0 Å². The molecule has 5 heteroatoms. The van der Waals surface area contributed by atoms with Gasteiger partial charge in [-0.05, 0) is 11.5 Å². The Morgan fingerprint density at radius 3 is 2.89 bits per heavy atom. The molecule has 0 unspecified atom stereocenters. The van der Waals surface area contributed by atoms with Crippen molar-refractivity contribution in [3.05, 3.63) is 42.5 Å². The van der Waals surface area contributed by atoms with Crippen molar-refractivity contribution in [2.24, 2.45) is 0 Å². The zero-order valence-electron chi connectivity index (χ0n) is 9.57. The van der Waals surface area contributed by atoms with E-state index in [1.165, 1.54) is 0 Å². The van der Waals surface area contributed by atoms with Crippen LogP contribution in [0, 0.1) is 0 Å². The third-order valence-corrected chi connectivity index (χ3v) is 3.50. The minimum atomic E-state index is -1.62. The highest BCUT2D eigenvalue weighted by Crippen LogP contribution is 2.25. The predicted molar refractivity (Wildman–Crippen MR) is 68.4 cm³/mol. The smallest absolute Gasteiger partial charge is 0.305 e. The summed E-state index contributed by atoms with van der Waals surface area (Å²) in [6, 6.07) is 13.9. The van der Waals surface area contributed by atoms with Crippen molar-refractivity contribution >= 4 is 22.1 Å². The summed E-state index contributed by atoms with van der Waals surface area (Å²) in [7, 11) is 0. The second-order valence-corrected chi connectivity index (χ2v) is 4.83. The highest BCUT2D eigenvalue weighted by Gasteiger charge is 2.24. The van der Waals surface area contributed by atoms with Crippen LogP contribution in [0.25, 0.3) is 10.8 Å². The molecule has 1 heterocycles. The molecule has 1 saturated heterocycles. The summed E-state index contributed by atoms with van der Waals surface area (Å²) < 4.78 is 26.4. The fourth-order valence-corrected chi connectivity index (χ4v) is 2.53. The summed E-state index contributed by atoms with van der Waals surface area (Å²) in [5.74, 6) is 0.800. The standard InChI is InChI=1S/C13H12O4S/c14-18-16-9-11(17-18)8-15-13-7-3-5-10-4-1-2-6-12(10)13/h1-7,11H,8-9H2/t11-,18-/m0/s1. The van der Waals surface area contributed by atoms with Gasteiger partial charge in [0.25, 0.3) is 0 Å². The molecule has 0 amide bonds. The Kier molecular flexibility index (Phi) is 3.27. The van der Waals surface area contributed by atoms with Crippen molar-refractivity contribution in [1.82, 2.24) is 0 Å². The molecule has 94 valence electrons. The summed E-state index contributed by atoms with van der Waals surface area (Å²) in [5.41, 5.74) is 0. The lowest BCUT2D eigenvalue weighted by Crippen LogP contribution is -2.19. The predicted octanol–water partition coefficient (Wildman–Crippen LogP) is 2.21. The van der Waals surface area contributed by atoms with E-state index < -0.39 is 11.4 Å². The Balaban J connectivity index is 1.76. The normalized spacial score (nSPS) is 23.3. The van der Waals surface area contributed by atoms with E-state index in [0.717, 1.165) is 16.5 Å². The van der Waals surface area contributed by atoms with Gasteiger partial charge in [0.2, 0.25) is 0 Å². The van der Waals surface area contributed by atoms with Crippen molar-refractivity contribution in [2.75, 3.05) is 13.2 Å². The molecule has 0 bridgehead atoms. The summed E-state index contributed by atoms with van der Waals surface area (Å²) in [6.07, 6.45) is -0.273. The summed E-state index contributed by atoms with van der Waals surface area (Å²) in [4.78, 5) is 0. The van der Waals surface area contributed by atoms with Crippen LogP contribution in [-0.4, -0.2) is 23.5 Å². The lowest BCUT2D eigenvalue weighted by atomic mass is 10.1. The highest BCUT2D eigenvalue weighted by molar-refractivity contribution is 7.75. The van der Waals surface area contributed by atoms with Crippen LogP contribution < -0.4 is 4.74 Å². The molecule has 0 aliphatic carbocycles. The van der Waals surface area contributed by atoms with Gasteiger partial charge >= 0.3 is 11.4 Å². The molecule has 2 aromatic rings. The van der Waals surface area contributed by atoms with Crippen molar-refractivity contribution in [2.45, 2.75) is 6.10 Å². The molecule has 2 aromatic carbocycles. The first-order valence-corrected chi connectivity index (χ1v) is 6.66. The van der Waals surface area contributed by atoms with E-state index in [9.17, 15) is 4.21 Å². The summed E-state index contributed by atoms with van der Waals surface area (Å²) in [6.45, 7) is 0.636. The van der Waals surface area contributed by atoms with Gasteiger partial charge in [0.15, 0.2) is 0 Å². The molecule has 0 aromatic heterocycles. The largest absolute Gasteiger partial charge is 0.490 e. The van der Waals surface area contributed by atoms with Crippen molar-refractivity contribution in [3.63, 3.8) is 0 Å². The first-order chi connectivity index (χ1) is 8.83. The second kappa shape index (κ2) is 5.06. The van der Waals surface area contributed by atoms with E-state index in [1.54, 1.807) is 0 Å². The van der Waals surface area contributed by atoms with E-state index in [0.29, 0.717) is 13.2 Å². The number of fused-ring (bicyclic) bond motifs is 1. The van der Waals surface area contributed by atoms with Crippen LogP contribution in [0.2, 0.25) is 0 Å². The first-order valence-electron chi connectivity index (χ1n) is 5.66. The maximum Gasteiger partial charge on any atom is 0.305 e. The van der Waals surface area contributed by atoms with Crippen LogP contribution >= 0.6 is 0 Å². The fourth-order valence-electron chi connectivity index (χ4n) is 1.88. The van der Waals surface area contributed by atoms with Gasteiger partial charge in [0.1, 0.15) is 18.5 Å². The monoisotopic (exact) mass is 264 g/mol. The van der Waals surface area contributed by atoms with Gasteiger partial charge in [0.05, 0.1) is 6.61 Å². The molecular weight excluding hydrogens is 252 g/mol. The van der Waals surface area contributed by atoms with Crippen LogP contribution in [-0.2, 0) is 19.7 Å². The number of benzene rings is 2. The molecule has 3 rings (SSSR count). The lowest BCUT2D eigenvalue weighted by molar-refractivity contribution is 0.152. The lowest BCUT2D eigenvalue weighted by Gasteiger charge is -2.11. The third-order valence-electron chi connectivity index (χ3n) is 2.74. The first kappa shape index (κ1) is 11.6. The topological polar surface area (TPSA) is 44.8 Å². The van der Waals surface area contributed by atoms with Gasteiger partial charge in [-0.3, -0.25) is 8.37 Å². The van der Waals surface area contributed by atoms with Crippen LogP contribution in [0.1, 0.15) is 0 Å². The van der Waals surface area contributed by atoms with E-state index in [-0.39, 0.29) is 6.10 Å². The quantitative estimate of drug-likeness (QED) is 0.852. The molecule has 0 N–H and O–H groups in total. The van der Waals surface area contributed by atoms with Crippen LogP contribution in [0.3, 0.4) is 0 Å². The van der Waals surface area contributed by atoms with E-state index in [4.69, 9.17) is 13.1 Å². The average Bonchev–Trinajstić information content (AvgIpc) is 2.82. The van der Waals surface area contributed by atoms with Crippen molar-refractivity contribution < 1.29 is 17.3 Å². The SMILES string of the molecule is O=[S@]1OC[C@H](COc2cccc3ccccc23)O1.